The lowest BCUT2D eigenvalue weighted by Crippen LogP contribution is -2.31. The molecule has 5 aromatic heterocycles. The number of hydroxylamine groups is 1. The molecule has 0 bridgehead atoms. The van der Waals surface area contributed by atoms with Gasteiger partial charge in [0.05, 0.1) is 39.7 Å². The molecular weight excluding hydrogens is 813 g/mol. The zero-order valence-corrected chi connectivity index (χ0v) is 36.3. The molecule has 0 spiro atoms. The highest BCUT2D eigenvalue weighted by Crippen LogP contribution is 2.31. The van der Waals surface area contributed by atoms with Crippen molar-refractivity contribution in [2.24, 2.45) is 0 Å². The number of carbonyl (C=O) groups is 2. The maximum absolute atomic E-state index is 13.7. The number of hydrogen-bond acceptors (Lipinski definition) is 11. The number of carbonyl (C=O) groups excluding carboxylic acids is 2. The van der Waals surface area contributed by atoms with Crippen molar-refractivity contribution in [3.8, 4) is 0 Å². The fourth-order valence-electron chi connectivity index (χ4n) is 7.86. The second kappa shape index (κ2) is 19.5. The van der Waals surface area contributed by atoms with Crippen LogP contribution in [0.5, 0.6) is 0 Å². The van der Waals surface area contributed by atoms with Crippen molar-refractivity contribution in [3.63, 3.8) is 0 Å². The number of pyridine rings is 2. The zero-order chi connectivity index (χ0) is 43.9. The zero-order valence-electron chi connectivity index (χ0n) is 35.5. The van der Waals surface area contributed by atoms with Crippen LogP contribution in [0, 0.1) is 13.8 Å². The normalized spacial score (nSPS) is 13.4. The number of likely N-dealkylation sites (N-methyl/N-ethyl adjacent to an activating group) is 1. The van der Waals surface area contributed by atoms with Gasteiger partial charge in [0, 0.05) is 55.0 Å². The second-order valence-electron chi connectivity index (χ2n) is 15.7. The number of rotatable bonds is 11. The van der Waals surface area contributed by atoms with Crippen molar-refractivity contribution in [2.75, 3.05) is 44.7 Å². The molecule has 6 heterocycles. The minimum atomic E-state index is -0.539. The number of thiazole rings is 1. The van der Waals surface area contributed by atoms with Crippen molar-refractivity contribution in [1.82, 2.24) is 45.4 Å². The van der Waals surface area contributed by atoms with Crippen molar-refractivity contribution in [1.29, 1.82) is 0 Å². The number of para-hydroxylation sites is 2. The standard InChI is InChI=1S/C27H27N7O2S.C21H23N3O2/c1-17-14-29-18(15-28-17)16-30-26(36)23-24(35)19-8-9-22(33-11-5-10-32(2)12-13-33)31-25(19)34-20-6-3-4-7-21(20)37-27(23)34;1-15-18(19-4-2-3-5-20(19)23-15)12-13-22-14-17-8-6-16(7-9-17)10-11-21(25)24-26/h3-4,6-9,14-15H,5,10-13,16H2,1-2H3,(H,30,36);2-11,22-23,26H,12-14H2,1H3,(H,24,25)/b;11-10+. The van der Waals surface area contributed by atoms with Crippen LogP contribution in [0.2, 0.25) is 0 Å². The Kier molecular flexibility index (Phi) is 13.3. The summed E-state index contributed by atoms with van der Waals surface area (Å²) in [4.78, 5) is 60.3. The van der Waals surface area contributed by atoms with Gasteiger partial charge in [-0.2, -0.15) is 0 Å². The second-order valence-corrected chi connectivity index (χ2v) is 16.7. The summed E-state index contributed by atoms with van der Waals surface area (Å²) in [6.45, 7) is 9.65. The summed E-state index contributed by atoms with van der Waals surface area (Å²) < 4.78 is 2.95. The van der Waals surface area contributed by atoms with Crippen LogP contribution in [0.3, 0.4) is 0 Å². The van der Waals surface area contributed by atoms with Gasteiger partial charge in [-0.15, -0.1) is 11.3 Å². The largest absolute Gasteiger partial charge is 0.358 e. The SMILES string of the molecule is Cc1[nH]c2ccccc2c1CCNCc1ccc(/C=C/C(=O)NO)cc1.Cc1cnc(CNC(=O)c2c(=O)c3ccc(N4CCCN(C)CC4)nc3n3c2sc2ccccc23)cn1. The highest BCUT2D eigenvalue weighted by Gasteiger charge is 2.24. The first kappa shape index (κ1) is 42.9. The third kappa shape index (κ3) is 9.82. The molecule has 1 aliphatic heterocycles. The maximum atomic E-state index is 13.7. The number of aryl methyl sites for hydroxylation is 2. The van der Waals surface area contributed by atoms with Crippen molar-refractivity contribution >= 4 is 72.0 Å². The van der Waals surface area contributed by atoms with Crippen LogP contribution in [-0.4, -0.2) is 86.0 Å². The number of nitrogens with one attached hydrogen (secondary N) is 4. The summed E-state index contributed by atoms with van der Waals surface area (Å²) in [7, 11) is 2.13. The Morgan fingerprint density at radius 2 is 1.70 bits per heavy atom. The maximum Gasteiger partial charge on any atom is 0.267 e. The molecule has 5 N–H and O–H groups in total. The average molecular weight is 863 g/mol. The Balaban J connectivity index is 0.000000184. The average Bonchev–Trinajstić information content (AvgIpc) is 3.75. The van der Waals surface area contributed by atoms with Crippen LogP contribution in [0.25, 0.3) is 43.1 Å². The van der Waals surface area contributed by atoms with Crippen LogP contribution in [-0.2, 0) is 24.3 Å². The monoisotopic (exact) mass is 862 g/mol. The van der Waals surface area contributed by atoms with E-state index in [0.717, 1.165) is 79.4 Å². The first-order valence-corrected chi connectivity index (χ1v) is 21.8. The number of H-pyrrole nitrogens is 1. The van der Waals surface area contributed by atoms with Crippen LogP contribution in [0.1, 0.15) is 50.6 Å². The van der Waals surface area contributed by atoms with Gasteiger partial charge in [0.1, 0.15) is 16.2 Å². The van der Waals surface area contributed by atoms with Gasteiger partial charge in [0.15, 0.2) is 5.65 Å². The molecule has 0 atom stereocenters. The number of anilines is 1. The number of aromatic nitrogens is 5. The van der Waals surface area contributed by atoms with Gasteiger partial charge in [0.2, 0.25) is 5.43 Å². The van der Waals surface area contributed by atoms with Gasteiger partial charge in [-0.05, 0) is 99.9 Å². The van der Waals surface area contributed by atoms with Gasteiger partial charge in [-0.3, -0.25) is 34.0 Å². The van der Waals surface area contributed by atoms with E-state index >= 15 is 0 Å². The lowest BCUT2D eigenvalue weighted by atomic mass is 10.1. The van der Waals surface area contributed by atoms with Crippen molar-refractivity contribution in [2.45, 2.75) is 39.8 Å². The molecule has 8 aromatic rings. The van der Waals surface area contributed by atoms with Gasteiger partial charge >= 0.3 is 0 Å². The minimum Gasteiger partial charge on any atom is -0.358 e. The number of fused-ring (bicyclic) bond motifs is 6. The molecule has 0 radical (unpaired) electrons. The molecule has 15 heteroatoms. The number of hydrogen-bond donors (Lipinski definition) is 5. The molecule has 0 saturated carbocycles. The number of benzene rings is 3. The van der Waals surface area contributed by atoms with Crippen LogP contribution < -0.4 is 26.4 Å². The summed E-state index contributed by atoms with van der Waals surface area (Å²) in [6, 6.07) is 28.0. The van der Waals surface area contributed by atoms with Crippen LogP contribution >= 0.6 is 11.3 Å². The summed E-state index contributed by atoms with van der Waals surface area (Å²) in [5.41, 5.74) is 10.2. The fourth-order valence-corrected chi connectivity index (χ4v) is 9.04. The molecule has 1 aliphatic rings. The van der Waals surface area contributed by atoms with E-state index in [0.29, 0.717) is 21.6 Å². The van der Waals surface area contributed by atoms with Gasteiger partial charge in [-0.1, -0.05) is 54.6 Å². The van der Waals surface area contributed by atoms with Crippen LogP contribution in [0.15, 0.2) is 108 Å². The molecule has 1 saturated heterocycles. The molecule has 63 heavy (non-hydrogen) atoms. The highest BCUT2D eigenvalue weighted by molar-refractivity contribution is 7.24. The summed E-state index contributed by atoms with van der Waals surface area (Å²) in [6.07, 6.45) is 8.26. The van der Waals surface area contributed by atoms with E-state index in [2.05, 4.69) is 73.6 Å². The van der Waals surface area contributed by atoms with E-state index < -0.39 is 11.8 Å². The number of amides is 2. The first-order valence-electron chi connectivity index (χ1n) is 21.0. The molecule has 9 rings (SSSR count). The lowest BCUT2D eigenvalue weighted by molar-refractivity contribution is -0.124. The third-order valence-electron chi connectivity index (χ3n) is 11.2. The molecule has 0 aliphatic carbocycles. The highest BCUT2D eigenvalue weighted by atomic mass is 32.1. The fraction of sp³-hybridized carbons (Fsp3) is 0.250. The van der Waals surface area contributed by atoms with E-state index in [-0.39, 0.29) is 17.5 Å². The first-order chi connectivity index (χ1) is 30.7. The quantitative estimate of drug-likeness (QED) is 0.0415. The third-order valence-corrected chi connectivity index (χ3v) is 12.4. The van der Waals surface area contributed by atoms with E-state index in [1.807, 2.05) is 72.0 Å². The summed E-state index contributed by atoms with van der Waals surface area (Å²) in [5, 5.41) is 16.5. The van der Waals surface area contributed by atoms with Crippen molar-refractivity contribution < 1.29 is 14.8 Å². The topological polar surface area (TPSA) is 173 Å². The smallest absolute Gasteiger partial charge is 0.267 e. The number of aromatic amines is 1. The van der Waals surface area contributed by atoms with Gasteiger partial charge < -0.3 is 25.4 Å². The summed E-state index contributed by atoms with van der Waals surface area (Å²) in [5.74, 6) is -0.122. The van der Waals surface area contributed by atoms with E-state index in [4.69, 9.17) is 10.2 Å². The molecule has 3 aromatic carbocycles. The van der Waals surface area contributed by atoms with E-state index in [1.165, 1.54) is 45.1 Å². The van der Waals surface area contributed by atoms with Crippen molar-refractivity contribution in [3.05, 3.63) is 153 Å². The van der Waals surface area contributed by atoms with Crippen LogP contribution in [0.4, 0.5) is 5.82 Å². The summed E-state index contributed by atoms with van der Waals surface area (Å²) >= 11 is 1.43. The van der Waals surface area contributed by atoms with Gasteiger partial charge in [0.25, 0.3) is 11.8 Å². The Labute approximate surface area is 368 Å². The number of nitrogens with zero attached hydrogens (tertiary/aromatic N) is 6. The molecule has 1 fully saturated rings. The predicted molar refractivity (Wildman–Crippen MR) is 250 cm³/mol. The van der Waals surface area contributed by atoms with E-state index in [1.54, 1.807) is 23.9 Å². The minimum absolute atomic E-state index is 0.125. The lowest BCUT2D eigenvalue weighted by Gasteiger charge is -2.22. The van der Waals surface area contributed by atoms with E-state index in [9.17, 15) is 14.4 Å². The Morgan fingerprint density at radius 1 is 0.889 bits per heavy atom. The molecule has 2 amide bonds. The molecule has 322 valence electrons. The Bertz CT molecular complexity index is 2990. The molecule has 14 nitrogen and oxygen atoms in total. The Hall–Kier alpha value is -6.78. The molecular formula is C48H50N10O4S. The predicted octanol–water partition coefficient (Wildman–Crippen LogP) is 6.56. The molecule has 0 unspecified atom stereocenters. The Morgan fingerprint density at radius 3 is 2.51 bits per heavy atom. The van der Waals surface area contributed by atoms with Gasteiger partial charge in [-0.25, -0.2) is 10.5 Å².